The van der Waals surface area contributed by atoms with E-state index < -0.39 is 5.97 Å². The summed E-state index contributed by atoms with van der Waals surface area (Å²) in [5.74, 6) is -0.972. The number of benzene rings is 1. The van der Waals surface area contributed by atoms with Crippen molar-refractivity contribution >= 4 is 18.1 Å². The van der Waals surface area contributed by atoms with E-state index in [1.54, 1.807) is 11.9 Å². The summed E-state index contributed by atoms with van der Waals surface area (Å²) >= 11 is 0. The zero-order valence-corrected chi connectivity index (χ0v) is 11.1. The van der Waals surface area contributed by atoms with Crippen LogP contribution < -0.4 is 5.32 Å². The molecule has 0 heterocycles. The molecule has 0 saturated carbocycles. The van der Waals surface area contributed by atoms with Gasteiger partial charge in [0.05, 0.1) is 0 Å². The summed E-state index contributed by atoms with van der Waals surface area (Å²) in [4.78, 5) is 23.5. The fourth-order valence-corrected chi connectivity index (χ4v) is 1.53. The van der Waals surface area contributed by atoms with E-state index in [1.165, 1.54) is 6.08 Å². The first kappa shape index (κ1) is 14.8. The van der Waals surface area contributed by atoms with Gasteiger partial charge in [-0.05, 0) is 24.1 Å². The second-order valence-electron chi connectivity index (χ2n) is 4.10. The fourth-order valence-electron chi connectivity index (χ4n) is 1.53. The summed E-state index contributed by atoms with van der Waals surface area (Å²) < 4.78 is 0. The number of carbonyl (C=O) groups excluding carboxylic acids is 1. The van der Waals surface area contributed by atoms with Crippen LogP contribution in [0.15, 0.2) is 30.3 Å². The lowest BCUT2D eigenvalue weighted by Crippen LogP contribution is -2.36. The molecule has 0 aliphatic carbocycles. The molecule has 0 aromatic heterocycles. The van der Waals surface area contributed by atoms with Gasteiger partial charge in [0, 0.05) is 26.2 Å². The highest BCUT2D eigenvalue weighted by atomic mass is 16.4. The van der Waals surface area contributed by atoms with Gasteiger partial charge >= 0.3 is 12.0 Å². The molecule has 0 aliphatic rings. The van der Waals surface area contributed by atoms with Crippen LogP contribution in [0, 0.1) is 0 Å². The first-order valence-corrected chi connectivity index (χ1v) is 6.02. The molecule has 2 amide bonds. The number of carbonyl (C=O) groups is 2. The molecule has 2 N–H and O–H groups in total. The van der Waals surface area contributed by atoms with Crippen molar-refractivity contribution in [1.82, 2.24) is 10.2 Å². The molecule has 5 heteroatoms. The molecule has 0 fully saturated rings. The maximum atomic E-state index is 11.5. The Morgan fingerprint density at radius 3 is 2.47 bits per heavy atom. The van der Waals surface area contributed by atoms with Crippen molar-refractivity contribution in [2.24, 2.45) is 0 Å². The topological polar surface area (TPSA) is 69.6 Å². The number of nitrogens with zero attached hydrogens (tertiary/aromatic N) is 1. The van der Waals surface area contributed by atoms with E-state index in [0.29, 0.717) is 13.1 Å². The van der Waals surface area contributed by atoms with Gasteiger partial charge in [0.15, 0.2) is 0 Å². The molecule has 0 saturated heterocycles. The zero-order chi connectivity index (χ0) is 14.3. The predicted octanol–water partition coefficient (Wildman–Crippen LogP) is 1.95. The number of urea groups is 1. The number of aliphatic carboxylic acids is 1. The van der Waals surface area contributed by atoms with Crippen LogP contribution in [0.2, 0.25) is 0 Å². The highest BCUT2D eigenvalue weighted by molar-refractivity contribution is 5.85. The number of hydrogen-bond donors (Lipinski definition) is 2. The molecule has 0 spiro atoms. The maximum Gasteiger partial charge on any atom is 0.328 e. The summed E-state index contributed by atoms with van der Waals surface area (Å²) in [6, 6.07) is 7.27. The van der Waals surface area contributed by atoms with Gasteiger partial charge in [0.2, 0.25) is 0 Å². The van der Waals surface area contributed by atoms with Gasteiger partial charge in [-0.1, -0.05) is 24.3 Å². The molecule has 0 unspecified atom stereocenters. The Kier molecular flexibility index (Phi) is 5.60. The number of carboxylic acid groups (broad SMARTS) is 1. The van der Waals surface area contributed by atoms with Gasteiger partial charge in [-0.3, -0.25) is 0 Å². The second kappa shape index (κ2) is 7.20. The van der Waals surface area contributed by atoms with E-state index in [0.717, 1.165) is 17.2 Å². The third-order valence-electron chi connectivity index (χ3n) is 2.49. The average Bonchev–Trinajstić information content (AvgIpc) is 2.38. The summed E-state index contributed by atoms with van der Waals surface area (Å²) in [5, 5.41) is 11.2. The largest absolute Gasteiger partial charge is 0.478 e. The molecule has 0 atom stereocenters. The Labute approximate surface area is 112 Å². The summed E-state index contributed by atoms with van der Waals surface area (Å²) in [7, 11) is 1.73. The monoisotopic (exact) mass is 262 g/mol. The van der Waals surface area contributed by atoms with Crippen LogP contribution in [0.5, 0.6) is 0 Å². The maximum absolute atomic E-state index is 11.5. The normalized spacial score (nSPS) is 10.4. The van der Waals surface area contributed by atoms with Crippen molar-refractivity contribution in [2.45, 2.75) is 13.5 Å². The molecule has 1 aromatic carbocycles. The van der Waals surface area contributed by atoms with Gasteiger partial charge < -0.3 is 15.3 Å². The first-order valence-electron chi connectivity index (χ1n) is 6.02. The second-order valence-corrected chi connectivity index (χ2v) is 4.10. The van der Waals surface area contributed by atoms with E-state index in [4.69, 9.17) is 5.11 Å². The highest BCUT2D eigenvalue weighted by Gasteiger charge is 2.06. The van der Waals surface area contributed by atoms with Crippen molar-refractivity contribution in [1.29, 1.82) is 0 Å². The van der Waals surface area contributed by atoms with E-state index in [9.17, 15) is 9.59 Å². The Balaban J connectivity index is 2.61. The molecule has 5 nitrogen and oxygen atoms in total. The van der Waals surface area contributed by atoms with Crippen molar-refractivity contribution < 1.29 is 14.7 Å². The Bertz CT molecular complexity index is 466. The van der Waals surface area contributed by atoms with Gasteiger partial charge in [-0.2, -0.15) is 0 Å². The predicted molar refractivity (Wildman–Crippen MR) is 73.7 cm³/mol. The minimum atomic E-state index is -0.972. The highest BCUT2D eigenvalue weighted by Crippen LogP contribution is 2.08. The Morgan fingerprint density at radius 1 is 1.32 bits per heavy atom. The molecule has 0 radical (unpaired) electrons. The van der Waals surface area contributed by atoms with Crippen LogP contribution in [0.4, 0.5) is 4.79 Å². The minimum Gasteiger partial charge on any atom is -0.478 e. The van der Waals surface area contributed by atoms with Crippen LogP contribution in [-0.2, 0) is 11.3 Å². The van der Waals surface area contributed by atoms with Gasteiger partial charge in [-0.15, -0.1) is 0 Å². The van der Waals surface area contributed by atoms with E-state index in [1.807, 2.05) is 31.2 Å². The number of amides is 2. The van der Waals surface area contributed by atoms with Crippen molar-refractivity contribution in [2.75, 3.05) is 13.6 Å². The van der Waals surface area contributed by atoms with E-state index in [-0.39, 0.29) is 6.03 Å². The lowest BCUT2D eigenvalue weighted by Gasteiger charge is -2.17. The SMILES string of the molecule is CCNC(=O)N(C)Cc1ccc(C=CC(=O)O)cc1. The average molecular weight is 262 g/mol. The third kappa shape index (κ3) is 5.25. The number of carboxylic acids is 1. The first-order chi connectivity index (χ1) is 9.02. The summed E-state index contributed by atoms with van der Waals surface area (Å²) in [6.07, 6.45) is 2.62. The number of rotatable bonds is 5. The molecule has 19 heavy (non-hydrogen) atoms. The Morgan fingerprint density at radius 2 is 1.95 bits per heavy atom. The van der Waals surface area contributed by atoms with Gasteiger partial charge in [-0.25, -0.2) is 9.59 Å². The van der Waals surface area contributed by atoms with Crippen LogP contribution in [0.3, 0.4) is 0 Å². The van der Waals surface area contributed by atoms with E-state index in [2.05, 4.69) is 5.32 Å². The van der Waals surface area contributed by atoms with E-state index >= 15 is 0 Å². The molecule has 1 rings (SSSR count). The summed E-state index contributed by atoms with van der Waals surface area (Å²) in [5.41, 5.74) is 1.80. The summed E-state index contributed by atoms with van der Waals surface area (Å²) in [6.45, 7) is 2.98. The third-order valence-corrected chi connectivity index (χ3v) is 2.49. The Hall–Kier alpha value is -2.30. The standard InChI is InChI=1S/C14H18N2O3/c1-3-15-14(19)16(2)10-12-6-4-11(5-7-12)8-9-13(17)18/h4-9H,3,10H2,1-2H3,(H,15,19)(H,17,18). The minimum absolute atomic E-state index is 0.114. The van der Waals surface area contributed by atoms with Gasteiger partial charge in [0.25, 0.3) is 0 Å². The van der Waals surface area contributed by atoms with Crippen molar-refractivity contribution in [3.8, 4) is 0 Å². The van der Waals surface area contributed by atoms with Crippen LogP contribution in [0.25, 0.3) is 6.08 Å². The number of hydrogen-bond acceptors (Lipinski definition) is 2. The van der Waals surface area contributed by atoms with Crippen LogP contribution >= 0.6 is 0 Å². The zero-order valence-electron chi connectivity index (χ0n) is 11.1. The van der Waals surface area contributed by atoms with Crippen LogP contribution in [0.1, 0.15) is 18.1 Å². The number of nitrogens with one attached hydrogen (secondary N) is 1. The lowest BCUT2D eigenvalue weighted by molar-refractivity contribution is -0.131. The smallest absolute Gasteiger partial charge is 0.328 e. The van der Waals surface area contributed by atoms with Crippen molar-refractivity contribution in [3.05, 3.63) is 41.5 Å². The van der Waals surface area contributed by atoms with Gasteiger partial charge in [0.1, 0.15) is 0 Å². The molecular weight excluding hydrogens is 244 g/mol. The molecule has 0 bridgehead atoms. The molecule has 1 aromatic rings. The van der Waals surface area contributed by atoms with Crippen molar-refractivity contribution in [3.63, 3.8) is 0 Å². The fraction of sp³-hybridized carbons (Fsp3) is 0.286. The lowest BCUT2D eigenvalue weighted by atomic mass is 10.1. The molecule has 0 aliphatic heterocycles. The van der Waals surface area contributed by atoms with Crippen LogP contribution in [-0.4, -0.2) is 35.6 Å². The quantitative estimate of drug-likeness (QED) is 0.797. The molecular formula is C14H18N2O3. The molecule has 102 valence electrons.